The standard InChI is InChI=1S/C22H27N5O2/c1-15(16-9-7-6-8-10-16)24-21-23-13-17-11-12-18(28)27(19(17)25-21)14-22(2,3)20(29)26(4)5/h6-13,15H,14H2,1-5H3,(H,23,24,25)/t15-/m0/s1. The van der Waals surface area contributed by atoms with Crippen molar-refractivity contribution in [3.8, 4) is 0 Å². The summed E-state index contributed by atoms with van der Waals surface area (Å²) < 4.78 is 1.55. The first-order valence-corrected chi connectivity index (χ1v) is 9.59. The highest BCUT2D eigenvalue weighted by Crippen LogP contribution is 2.23. The molecule has 7 nitrogen and oxygen atoms in total. The molecule has 1 N–H and O–H groups in total. The molecule has 0 fully saturated rings. The molecule has 7 heteroatoms. The van der Waals surface area contributed by atoms with Crippen molar-refractivity contribution in [3.05, 3.63) is 64.6 Å². The maximum Gasteiger partial charge on any atom is 0.252 e. The van der Waals surface area contributed by atoms with Gasteiger partial charge in [0.15, 0.2) is 0 Å². The van der Waals surface area contributed by atoms with Crippen LogP contribution in [0.3, 0.4) is 0 Å². The zero-order valence-electron chi connectivity index (χ0n) is 17.5. The molecule has 0 spiro atoms. The number of anilines is 1. The van der Waals surface area contributed by atoms with E-state index in [2.05, 4.69) is 15.3 Å². The van der Waals surface area contributed by atoms with Crippen LogP contribution in [0.15, 0.2) is 53.5 Å². The highest BCUT2D eigenvalue weighted by Gasteiger charge is 2.30. The second kappa shape index (κ2) is 8.03. The molecule has 0 saturated carbocycles. The Morgan fingerprint density at radius 1 is 1.17 bits per heavy atom. The van der Waals surface area contributed by atoms with Gasteiger partial charge < -0.3 is 10.2 Å². The van der Waals surface area contributed by atoms with Crippen LogP contribution in [0.25, 0.3) is 11.0 Å². The number of rotatable bonds is 6. The van der Waals surface area contributed by atoms with Gasteiger partial charge in [0.05, 0.1) is 11.5 Å². The smallest absolute Gasteiger partial charge is 0.252 e. The van der Waals surface area contributed by atoms with Gasteiger partial charge in [-0.3, -0.25) is 14.2 Å². The Kier molecular flexibility index (Phi) is 5.68. The molecular formula is C22H27N5O2. The Morgan fingerprint density at radius 3 is 2.52 bits per heavy atom. The van der Waals surface area contributed by atoms with Crippen molar-refractivity contribution in [2.75, 3.05) is 19.4 Å². The lowest BCUT2D eigenvalue weighted by molar-refractivity contribution is -0.138. The van der Waals surface area contributed by atoms with Crippen LogP contribution in [0.5, 0.6) is 0 Å². The Morgan fingerprint density at radius 2 is 1.86 bits per heavy atom. The van der Waals surface area contributed by atoms with Crippen molar-refractivity contribution in [2.45, 2.75) is 33.4 Å². The molecule has 2 heterocycles. The van der Waals surface area contributed by atoms with Gasteiger partial charge in [-0.15, -0.1) is 0 Å². The first-order chi connectivity index (χ1) is 13.7. The summed E-state index contributed by atoms with van der Waals surface area (Å²) >= 11 is 0. The van der Waals surface area contributed by atoms with Gasteiger partial charge in [0.1, 0.15) is 5.65 Å². The second-order valence-corrected chi connectivity index (χ2v) is 8.09. The number of hydrogen-bond donors (Lipinski definition) is 1. The molecule has 0 bridgehead atoms. The van der Waals surface area contributed by atoms with Crippen molar-refractivity contribution in [3.63, 3.8) is 0 Å². The zero-order valence-corrected chi connectivity index (χ0v) is 17.5. The summed E-state index contributed by atoms with van der Waals surface area (Å²) in [4.78, 5) is 35.7. The van der Waals surface area contributed by atoms with Gasteiger partial charge in [-0.05, 0) is 32.4 Å². The van der Waals surface area contributed by atoms with E-state index in [1.165, 1.54) is 6.07 Å². The molecule has 3 rings (SSSR count). The van der Waals surface area contributed by atoms with Crippen molar-refractivity contribution in [2.24, 2.45) is 5.41 Å². The first-order valence-electron chi connectivity index (χ1n) is 9.59. The Balaban J connectivity index is 1.98. The predicted octanol–water partition coefficient (Wildman–Crippen LogP) is 3.08. The number of carbonyl (C=O) groups excluding carboxylic acids is 1. The molecular weight excluding hydrogens is 366 g/mol. The number of hydrogen-bond acceptors (Lipinski definition) is 5. The summed E-state index contributed by atoms with van der Waals surface area (Å²) in [5, 5.41) is 4.03. The summed E-state index contributed by atoms with van der Waals surface area (Å²) in [5.41, 5.74) is 0.671. The normalized spacial score (nSPS) is 12.6. The molecule has 0 unspecified atom stereocenters. The third-order valence-corrected chi connectivity index (χ3v) is 4.91. The lowest BCUT2D eigenvalue weighted by Gasteiger charge is -2.28. The molecule has 1 aromatic carbocycles. The maximum absolute atomic E-state index is 12.6. The van der Waals surface area contributed by atoms with Crippen LogP contribution in [0.1, 0.15) is 32.4 Å². The van der Waals surface area contributed by atoms with Crippen LogP contribution < -0.4 is 10.9 Å². The average Bonchev–Trinajstić information content (AvgIpc) is 2.70. The lowest BCUT2D eigenvalue weighted by atomic mass is 9.91. The highest BCUT2D eigenvalue weighted by atomic mass is 16.2. The first kappa shape index (κ1) is 20.5. The van der Waals surface area contributed by atoms with E-state index in [1.54, 1.807) is 35.8 Å². The molecule has 3 aromatic rings. The van der Waals surface area contributed by atoms with Gasteiger partial charge in [-0.2, -0.15) is 4.98 Å². The second-order valence-electron chi connectivity index (χ2n) is 8.09. The molecule has 0 aliphatic carbocycles. The zero-order chi connectivity index (χ0) is 21.2. The number of fused-ring (bicyclic) bond motifs is 1. The Labute approximate surface area is 170 Å². The Bertz CT molecular complexity index is 1070. The van der Waals surface area contributed by atoms with Crippen molar-refractivity contribution in [1.29, 1.82) is 0 Å². The SMILES string of the molecule is C[C@H](Nc1ncc2ccc(=O)n(CC(C)(C)C(=O)N(C)C)c2n1)c1ccccc1. The van der Waals surface area contributed by atoms with Gasteiger partial charge in [0, 0.05) is 38.3 Å². The number of nitrogens with zero attached hydrogens (tertiary/aromatic N) is 4. The number of amides is 1. The minimum atomic E-state index is -0.752. The largest absolute Gasteiger partial charge is 0.348 e. The van der Waals surface area contributed by atoms with Crippen molar-refractivity contribution >= 4 is 22.9 Å². The predicted molar refractivity (Wildman–Crippen MR) is 115 cm³/mol. The van der Waals surface area contributed by atoms with Gasteiger partial charge in [-0.1, -0.05) is 30.3 Å². The number of benzene rings is 1. The molecule has 1 amide bonds. The van der Waals surface area contributed by atoms with E-state index < -0.39 is 5.41 Å². The average molecular weight is 393 g/mol. The summed E-state index contributed by atoms with van der Waals surface area (Å²) in [6, 6.07) is 13.2. The number of nitrogens with one attached hydrogen (secondary N) is 1. The van der Waals surface area contributed by atoms with Crippen molar-refractivity contribution in [1.82, 2.24) is 19.4 Å². The van der Waals surface area contributed by atoms with E-state index in [9.17, 15) is 9.59 Å². The maximum atomic E-state index is 12.6. The number of carbonyl (C=O) groups is 1. The van der Waals surface area contributed by atoms with E-state index in [0.29, 0.717) is 11.6 Å². The van der Waals surface area contributed by atoms with Gasteiger partial charge in [0.2, 0.25) is 11.9 Å². The molecule has 0 saturated heterocycles. The quantitative estimate of drug-likeness (QED) is 0.696. The summed E-state index contributed by atoms with van der Waals surface area (Å²) in [7, 11) is 3.43. The molecule has 152 valence electrons. The van der Waals surface area contributed by atoms with E-state index in [-0.39, 0.29) is 24.1 Å². The summed E-state index contributed by atoms with van der Waals surface area (Å²) in [6.45, 7) is 5.92. The number of pyridine rings is 1. The van der Waals surface area contributed by atoms with E-state index in [4.69, 9.17) is 0 Å². The molecule has 1 atom stereocenters. The third kappa shape index (κ3) is 4.45. The monoisotopic (exact) mass is 393 g/mol. The van der Waals surface area contributed by atoms with E-state index in [0.717, 1.165) is 10.9 Å². The van der Waals surface area contributed by atoms with Crippen LogP contribution >= 0.6 is 0 Å². The number of aromatic nitrogens is 3. The molecule has 29 heavy (non-hydrogen) atoms. The van der Waals surface area contributed by atoms with Crippen LogP contribution in [-0.2, 0) is 11.3 Å². The molecule has 0 aliphatic rings. The van der Waals surface area contributed by atoms with Gasteiger partial charge in [0.25, 0.3) is 5.56 Å². The van der Waals surface area contributed by atoms with Crippen molar-refractivity contribution < 1.29 is 4.79 Å². The van der Waals surface area contributed by atoms with Crippen LogP contribution in [0.2, 0.25) is 0 Å². The van der Waals surface area contributed by atoms with E-state index in [1.807, 2.05) is 51.1 Å². The molecule has 0 aliphatic heterocycles. The topological polar surface area (TPSA) is 80.1 Å². The van der Waals surface area contributed by atoms with E-state index >= 15 is 0 Å². The van der Waals surface area contributed by atoms with Crippen LogP contribution in [0, 0.1) is 5.41 Å². The van der Waals surface area contributed by atoms with Crippen LogP contribution in [-0.4, -0.2) is 39.4 Å². The molecule has 2 aromatic heterocycles. The Hall–Kier alpha value is -3.22. The third-order valence-electron chi connectivity index (χ3n) is 4.91. The minimum Gasteiger partial charge on any atom is -0.348 e. The summed E-state index contributed by atoms with van der Waals surface area (Å²) in [6.07, 6.45) is 1.69. The fourth-order valence-corrected chi connectivity index (χ4v) is 3.38. The summed E-state index contributed by atoms with van der Waals surface area (Å²) in [5.74, 6) is 0.386. The highest BCUT2D eigenvalue weighted by molar-refractivity contribution is 5.82. The van der Waals surface area contributed by atoms with Gasteiger partial charge in [-0.25, -0.2) is 4.98 Å². The van der Waals surface area contributed by atoms with Crippen LogP contribution in [0.4, 0.5) is 5.95 Å². The lowest BCUT2D eigenvalue weighted by Crippen LogP contribution is -2.41. The van der Waals surface area contributed by atoms with Gasteiger partial charge >= 0.3 is 0 Å². The fourth-order valence-electron chi connectivity index (χ4n) is 3.38. The minimum absolute atomic E-state index is 0.00398. The molecule has 0 radical (unpaired) electrons. The fraction of sp³-hybridized carbons (Fsp3) is 0.364.